The number of carbonyl (C=O) groups excluding carboxylic acids is 1. The Morgan fingerprint density at radius 1 is 1.45 bits per heavy atom. The zero-order chi connectivity index (χ0) is 14.7. The Bertz CT molecular complexity index is 473. The molecule has 1 heterocycles. The van der Waals surface area contributed by atoms with Gasteiger partial charge in [-0.15, -0.1) is 0 Å². The second-order valence-corrected chi connectivity index (χ2v) is 5.72. The first-order valence-corrected chi connectivity index (χ1v) is 7.19. The predicted molar refractivity (Wildman–Crippen MR) is 79.1 cm³/mol. The van der Waals surface area contributed by atoms with Crippen LogP contribution in [0.15, 0.2) is 24.3 Å². The Morgan fingerprint density at radius 3 is 2.85 bits per heavy atom. The lowest BCUT2D eigenvalue weighted by molar-refractivity contribution is -0.139. The lowest BCUT2D eigenvalue weighted by Crippen LogP contribution is -2.51. The fourth-order valence-electron chi connectivity index (χ4n) is 2.99. The van der Waals surface area contributed by atoms with Gasteiger partial charge in [0.2, 0.25) is 5.91 Å². The van der Waals surface area contributed by atoms with E-state index in [9.17, 15) is 4.79 Å². The molecule has 1 aliphatic rings. The molecule has 1 fully saturated rings. The van der Waals surface area contributed by atoms with Crippen LogP contribution >= 0.6 is 0 Å². The third-order valence-electron chi connectivity index (χ3n) is 3.84. The van der Waals surface area contributed by atoms with Crippen LogP contribution in [0.1, 0.15) is 43.9 Å². The number of ether oxygens (including phenoxy) is 1. The van der Waals surface area contributed by atoms with Crippen LogP contribution in [0.5, 0.6) is 0 Å². The number of nitrogens with two attached hydrogens (primary N) is 1. The monoisotopic (exact) mass is 276 g/mol. The molecule has 1 aromatic carbocycles. The van der Waals surface area contributed by atoms with E-state index in [-0.39, 0.29) is 24.0 Å². The van der Waals surface area contributed by atoms with Gasteiger partial charge >= 0.3 is 0 Å². The van der Waals surface area contributed by atoms with Crippen molar-refractivity contribution in [1.82, 2.24) is 4.90 Å². The van der Waals surface area contributed by atoms with Crippen molar-refractivity contribution < 1.29 is 9.53 Å². The van der Waals surface area contributed by atoms with Gasteiger partial charge in [-0.2, -0.15) is 0 Å². The lowest BCUT2D eigenvalue weighted by Gasteiger charge is -2.42. The van der Waals surface area contributed by atoms with E-state index < -0.39 is 0 Å². The van der Waals surface area contributed by atoms with Crippen LogP contribution in [0.2, 0.25) is 0 Å². The molecule has 4 nitrogen and oxygen atoms in total. The number of nitrogens with zero attached hydrogens (tertiary/aromatic N) is 1. The fraction of sp³-hybridized carbons (Fsp3) is 0.562. The lowest BCUT2D eigenvalue weighted by atomic mass is 9.89. The molecule has 0 bridgehead atoms. The molecule has 4 heteroatoms. The second kappa shape index (κ2) is 6.37. The molecule has 0 radical (unpaired) electrons. The summed E-state index contributed by atoms with van der Waals surface area (Å²) in [5, 5.41) is 0. The second-order valence-electron chi connectivity index (χ2n) is 5.72. The largest absolute Gasteiger partial charge is 0.380 e. The summed E-state index contributed by atoms with van der Waals surface area (Å²) in [6.45, 7) is 4.66. The standard InChI is InChI=1S/C16H24N2O2/c1-11(2)18-15(19)8-7-14(17)16(18)13-6-4-5-12(9-13)10-20-3/h4-6,9,11,14,16H,7-8,10,17H2,1-3H3. The SMILES string of the molecule is COCc1cccc(C2C(N)CCC(=O)N2C(C)C)c1. The zero-order valence-corrected chi connectivity index (χ0v) is 12.5. The topological polar surface area (TPSA) is 55.6 Å². The first-order valence-electron chi connectivity index (χ1n) is 7.19. The summed E-state index contributed by atoms with van der Waals surface area (Å²) in [5.41, 5.74) is 8.52. The highest BCUT2D eigenvalue weighted by Gasteiger charge is 2.36. The van der Waals surface area contributed by atoms with Crippen molar-refractivity contribution in [3.63, 3.8) is 0 Å². The van der Waals surface area contributed by atoms with Crippen molar-refractivity contribution in [2.45, 2.75) is 51.4 Å². The summed E-state index contributed by atoms with van der Waals surface area (Å²) in [4.78, 5) is 14.2. The van der Waals surface area contributed by atoms with Gasteiger partial charge in [-0.3, -0.25) is 4.79 Å². The van der Waals surface area contributed by atoms with Crippen molar-refractivity contribution in [3.8, 4) is 0 Å². The van der Waals surface area contributed by atoms with E-state index >= 15 is 0 Å². The van der Waals surface area contributed by atoms with Gasteiger partial charge in [-0.1, -0.05) is 24.3 Å². The summed E-state index contributed by atoms with van der Waals surface area (Å²) >= 11 is 0. The highest BCUT2D eigenvalue weighted by Crippen LogP contribution is 2.33. The van der Waals surface area contributed by atoms with E-state index in [0.29, 0.717) is 13.0 Å². The fourth-order valence-corrected chi connectivity index (χ4v) is 2.99. The molecule has 1 aromatic rings. The van der Waals surface area contributed by atoms with Gasteiger partial charge in [0.15, 0.2) is 0 Å². The van der Waals surface area contributed by atoms with E-state index in [2.05, 4.69) is 12.1 Å². The molecule has 1 saturated heterocycles. The van der Waals surface area contributed by atoms with Gasteiger partial charge in [-0.05, 0) is 31.4 Å². The molecule has 0 spiro atoms. The number of hydrogen-bond donors (Lipinski definition) is 1. The Labute approximate surface area is 120 Å². The summed E-state index contributed by atoms with van der Waals surface area (Å²) in [6, 6.07) is 8.31. The average Bonchev–Trinajstić information content (AvgIpc) is 2.41. The van der Waals surface area contributed by atoms with Crippen molar-refractivity contribution in [2.24, 2.45) is 5.73 Å². The third-order valence-corrected chi connectivity index (χ3v) is 3.84. The number of likely N-dealkylation sites (tertiary alicyclic amines) is 1. The molecule has 1 aliphatic heterocycles. The highest BCUT2D eigenvalue weighted by atomic mass is 16.5. The molecule has 2 rings (SSSR count). The van der Waals surface area contributed by atoms with Gasteiger partial charge in [0.05, 0.1) is 12.6 Å². The van der Waals surface area contributed by atoms with E-state index in [1.54, 1.807) is 7.11 Å². The Kier molecular flexibility index (Phi) is 4.78. The number of piperidine rings is 1. The molecule has 0 saturated carbocycles. The molecule has 1 amide bonds. The highest BCUT2D eigenvalue weighted by molar-refractivity contribution is 5.78. The summed E-state index contributed by atoms with van der Waals surface area (Å²) in [5.74, 6) is 0.198. The Balaban J connectivity index is 2.35. The summed E-state index contributed by atoms with van der Waals surface area (Å²) in [7, 11) is 1.68. The molecule has 0 aromatic heterocycles. The van der Waals surface area contributed by atoms with Gasteiger partial charge in [0.25, 0.3) is 0 Å². The van der Waals surface area contributed by atoms with Crippen LogP contribution in [-0.4, -0.2) is 30.0 Å². The van der Waals surface area contributed by atoms with Gasteiger partial charge in [-0.25, -0.2) is 0 Å². The molecular weight excluding hydrogens is 252 g/mol. The summed E-state index contributed by atoms with van der Waals surface area (Å²) in [6.07, 6.45) is 1.30. The molecule has 20 heavy (non-hydrogen) atoms. The van der Waals surface area contributed by atoms with E-state index in [4.69, 9.17) is 10.5 Å². The molecule has 2 atom stereocenters. The normalized spacial score (nSPS) is 23.4. The number of rotatable bonds is 4. The number of carbonyl (C=O) groups is 1. The molecule has 0 aliphatic carbocycles. The molecule has 2 N–H and O–H groups in total. The van der Waals surface area contributed by atoms with E-state index in [1.807, 2.05) is 30.9 Å². The Morgan fingerprint density at radius 2 is 2.20 bits per heavy atom. The van der Waals surface area contributed by atoms with Gasteiger partial charge < -0.3 is 15.4 Å². The average molecular weight is 276 g/mol. The smallest absolute Gasteiger partial charge is 0.223 e. The maximum Gasteiger partial charge on any atom is 0.223 e. The van der Waals surface area contributed by atoms with Crippen LogP contribution in [0.3, 0.4) is 0 Å². The third kappa shape index (κ3) is 3.02. The number of benzene rings is 1. The maximum absolute atomic E-state index is 12.2. The van der Waals surface area contributed by atoms with Gasteiger partial charge in [0, 0.05) is 25.6 Å². The van der Waals surface area contributed by atoms with Crippen LogP contribution < -0.4 is 5.73 Å². The molecular formula is C16H24N2O2. The first-order chi connectivity index (χ1) is 9.54. The zero-order valence-electron chi connectivity index (χ0n) is 12.5. The number of methoxy groups -OCH3 is 1. The summed E-state index contributed by atoms with van der Waals surface area (Å²) < 4.78 is 5.18. The quantitative estimate of drug-likeness (QED) is 0.917. The van der Waals surface area contributed by atoms with Crippen LogP contribution in [-0.2, 0) is 16.1 Å². The van der Waals surface area contributed by atoms with E-state index in [0.717, 1.165) is 17.5 Å². The minimum absolute atomic E-state index is 0.00658. The van der Waals surface area contributed by atoms with Crippen LogP contribution in [0, 0.1) is 0 Å². The minimum atomic E-state index is -0.0342. The van der Waals surface area contributed by atoms with Crippen molar-refractivity contribution in [2.75, 3.05) is 7.11 Å². The maximum atomic E-state index is 12.2. The number of amides is 1. The van der Waals surface area contributed by atoms with Crippen molar-refractivity contribution >= 4 is 5.91 Å². The molecule has 2 unspecified atom stereocenters. The molecule has 110 valence electrons. The minimum Gasteiger partial charge on any atom is -0.380 e. The Hall–Kier alpha value is -1.39. The van der Waals surface area contributed by atoms with Gasteiger partial charge in [0.1, 0.15) is 0 Å². The van der Waals surface area contributed by atoms with Crippen molar-refractivity contribution in [3.05, 3.63) is 35.4 Å². The first kappa shape index (κ1) is 15.0. The van der Waals surface area contributed by atoms with Crippen molar-refractivity contribution in [1.29, 1.82) is 0 Å². The van der Waals surface area contributed by atoms with Crippen LogP contribution in [0.25, 0.3) is 0 Å². The van der Waals surface area contributed by atoms with Crippen LogP contribution in [0.4, 0.5) is 0 Å². The van der Waals surface area contributed by atoms with E-state index in [1.165, 1.54) is 0 Å². The number of hydrogen-bond acceptors (Lipinski definition) is 3. The predicted octanol–water partition coefficient (Wildman–Crippen LogP) is 2.23.